The Balaban J connectivity index is 0.00000145. The van der Waals surface area contributed by atoms with Crippen LogP contribution in [0.3, 0.4) is 0 Å². The van der Waals surface area contributed by atoms with Crippen LogP contribution in [-0.4, -0.2) is 48.0 Å². The number of pyridine rings is 1. The molecule has 0 aliphatic heterocycles. The van der Waals surface area contributed by atoms with Gasteiger partial charge < -0.3 is 20.1 Å². The Kier molecular flexibility index (Phi) is 9.99. The van der Waals surface area contributed by atoms with E-state index in [0.29, 0.717) is 19.0 Å². The third kappa shape index (κ3) is 7.38. The molecular weight excluding hydrogens is 370 g/mol. The molecule has 0 bridgehead atoms. The largest absolute Gasteiger partial charge is 0.492 e. The van der Waals surface area contributed by atoms with Gasteiger partial charge in [0.25, 0.3) is 6.47 Å². The lowest BCUT2D eigenvalue weighted by Gasteiger charge is -2.08. The van der Waals surface area contributed by atoms with E-state index in [2.05, 4.69) is 25.8 Å². The Morgan fingerprint density at radius 3 is 2.90 bits per heavy atom. The molecule has 1 aliphatic rings. The van der Waals surface area contributed by atoms with Crippen molar-refractivity contribution in [2.24, 2.45) is 0 Å². The predicted molar refractivity (Wildman–Crippen MR) is 114 cm³/mol. The zero-order valence-corrected chi connectivity index (χ0v) is 17.6. The maximum absolute atomic E-state index is 10.5. The number of ether oxygens (including phenoxy) is 2. The summed E-state index contributed by atoms with van der Waals surface area (Å²) in [6, 6.07) is 3.92. The number of carbonyl (C=O) groups is 1. The van der Waals surface area contributed by atoms with Crippen molar-refractivity contribution in [3.8, 4) is 5.75 Å². The molecule has 0 radical (unpaired) electrons. The second-order valence-corrected chi connectivity index (χ2v) is 6.77. The number of rotatable bonds is 11. The molecular formula is C21H33N5O3. The van der Waals surface area contributed by atoms with Crippen molar-refractivity contribution in [3.05, 3.63) is 30.2 Å². The first-order valence-corrected chi connectivity index (χ1v) is 10.4. The molecule has 160 valence electrons. The van der Waals surface area contributed by atoms with Gasteiger partial charge in [0.15, 0.2) is 5.82 Å². The van der Waals surface area contributed by atoms with Crippen molar-refractivity contribution in [2.45, 2.75) is 58.0 Å². The van der Waals surface area contributed by atoms with E-state index in [9.17, 15) is 4.79 Å². The highest BCUT2D eigenvalue weighted by Gasteiger charge is 2.28. The highest BCUT2D eigenvalue weighted by molar-refractivity contribution is 5.57. The first-order valence-electron chi connectivity index (χ1n) is 10.4. The van der Waals surface area contributed by atoms with Gasteiger partial charge in [-0.3, -0.25) is 14.9 Å². The Hall–Kier alpha value is -2.61. The van der Waals surface area contributed by atoms with E-state index in [0.717, 1.165) is 61.6 Å². The summed E-state index contributed by atoms with van der Waals surface area (Å²) in [4.78, 5) is 14.7. The molecule has 2 aromatic rings. The average molecular weight is 404 g/mol. The van der Waals surface area contributed by atoms with E-state index < -0.39 is 0 Å². The van der Waals surface area contributed by atoms with Crippen molar-refractivity contribution >= 4 is 18.0 Å². The molecule has 0 spiro atoms. The molecule has 1 saturated carbocycles. The quantitative estimate of drug-likeness (QED) is 0.388. The molecule has 2 unspecified atom stereocenters. The van der Waals surface area contributed by atoms with Crippen molar-refractivity contribution in [1.82, 2.24) is 20.5 Å². The van der Waals surface area contributed by atoms with Gasteiger partial charge in [0, 0.05) is 23.7 Å². The minimum absolute atomic E-state index is 0.0124. The fourth-order valence-corrected chi connectivity index (χ4v) is 3.34. The minimum Gasteiger partial charge on any atom is -0.492 e. The number of aromatic nitrogens is 3. The summed E-state index contributed by atoms with van der Waals surface area (Å²) in [6.45, 7) is 6.20. The van der Waals surface area contributed by atoms with E-state index >= 15 is 0 Å². The molecule has 8 nitrogen and oxygen atoms in total. The molecule has 2 atom stereocenters. The van der Waals surface area contributed by atoms with Gasteiger partial charge in [0.05, 0.1) is 24.7 Å². The molecule has 1 fully saturated rings. The zero-order valence-electron chi connectivity index (χ0n) is 17.6. The summed E-state index contributed by atoms with van der Waals surface area (Å²) in [5, 5.41) is 13.8. The lowest BCUT2D eigenvalue weighted by Crippen LogP contribution is -2.09. The summed E-state index contributed by atoms with van der Waals surface area (Å²) in [5.74, 6) is 1.81. The summed E-state index contributed by atoms with van der Waals surface area (Å²) in [6.07, 6.45) is 8.25. The van der Waals surface area contributed by atoms with E-state index in [4.69, 9.17) is 9.47 Å². The second-order valence-electron chi connectivity index (χ2n) is 6.77. The normalized spacial score (nSPS) is 17.9. The topological polar surface area (TPSA) is 101 Å². The van der Waals surface area contributed by atoms with Crippen molar-refractivity contribution < 1.29 is 14.3 Å². The van der Waals surface area contributed by atoms with Crippen LogP contribution in [0.15, 0.2) is 24.5 Å². The first-order chi connectivity index (χ1) is 14.3. The average Bonchev–Trinajstić information content (AvgIpc) is 3.40. The fraction of sp³-hybridized carbons (Fsp3) is 0.571. The Morgan fingerprint density at radius 2 is 2.10 bits per heavy atom. The zero-order chi connectivity index (χ0) is 20.9. The number of carbonyl (C=O) groups excluding carboxylic acids is 1. The lowest BCUT2D eigenvalue weighted by molar-refractivity contribution is -0.133. The number of nitrogens with one attached hydrogen (secondary N) is 3. The molecule has 3 rings (SSSR count). The van der Waals surface area contributed by atoms with E-state index in [1.807, 2.05) is 33.0 Å². The van der Waals surface area contributed by atoms with Gasteiger partial charge in [-0.05, 0) is 45.7 Å². The van der Waals surface area contributed by atoms with Gasteiger partial charge in [-0.25, -0.2) is 0 Å². The molecule has 0 amide bonds. The van der Waals surface area contributed by atoms with Crippen LogP contribution < -0.4 is 15.4 Å². The van der Waals surface area contributed by atoms with Gasteiger partial charge in [-0.1, -0.05) is 13.8 Å². The predicted octanol–water partition coefficient (Wildman–Crippen LogP) is 3.76. The van der Waals surface area contributed by atoms with Crippen LogP contribution in [-0.2, 0) is 9.53 Å². The van der Waals surface area contributed by atoms with Gasteiger partial charge >= 0.3 is 0 Å². The molecule has 0 saturated heterocycles. The third-order valence-corrected chi connectivity index (χ3v) is 4.75. The number of H-pyrrole nitrogens is 1. The maximum Gasteiger partial charge on any atom is 0.293 e. The highest BCUT2D eigenvalue weighted by atomic mass is 16.5. The van der Waals surface area contributed by atoms with Gasteiger partial charge in [0.1, 0.15) is 11.9 Å². The summed E-state index contributed by atoms with van der Waals surface area (Å²) < 4.78 is 10.8. The van der Waals surface area contributed by atoms with E-state index in [1.165, 1.54) is 0 Å². The van der Waals surface area contributed by atoms with Crippen LogP contribution in [0, 0.1) is 0 Å². The molecule has 3 N–H and O–H groups in total. The number of nitrogens with zero attached hydrogens (tertiary/aromatic N) is 2. The fourth-order valence-electron chi connectivity index (χ4n) is 3.34. The summed E-state index contributed by atoms with van der Waals surface area (Å²) in [7, 11) is 1.95. The number of hydrogen-bond acceptors (Lipinski definition) is 7. The van der Waals surface area contributed by atoms with Crippen LogP contribution >= 0.6 is 0 Å². The van der Waals surface area contributed by atoms with Crippen LogP contribution in [0.5, 0.6) is 5.75 Å². The smallest absolute Gasteiger partial charge is 0.293 e. The third-order valence-electron chi connectivity index (χ3n) is 4.75. The molecule has 2 aromatic heterocycles. The summed E-state index contributed by atoms with van der Waals surface area (Å²) in [5.41, 5.74) is 1.88. The number of unbranched alkanes of at least 4 members (excludes halogenated alkanes) is 1. The van der Waals surface area contributed by atoms with Crippen molar-refractivity contribution in [2.75, 3.05) is 25.5 Å². The molecule has 29 heavy (non-hydrogen) atoms. The number of hydrogen-bond donors (Lipinski definition) is 3. The number of anilines is 2. The highest BCUT2D eigenvalue weighted by Crippen LogP contribution is 2.35. The van der Waals surface area contributed by atoms with E-state index in [-0.39, 0.29) is 6.10 Å². The summed E-state index contributed by atoms with van der Waals surface area (Å²) >= 11 is 0. The molecule has 2 heterocycles. The number of aromatic amines is 1. The van der Waals surface area contributed by atoms with Gasteiger partial charge in [0.2, 0.25) is 0 Å². The molecule has 1 aliphatic carbocycles. The minimum atomic E-state index is 0.0124. The monoisotopic (exact) mass is 403 g/mol. The Morgan fingerprint density at radius 1 is 1.24 bits per heavy atom. The molecule has 0 aromatic carbocycles. The van der Waals surface area contributed by atoms with Crippen LogP contribution in [0.4, 0.5) is 11.5 Å². The first kappa shape index (κ1) is 22.7. The van der Waals surface area contributed by atoms with Crippen LogP contribution in [0.25, 0.3) is 0 Å². The lowest BCUT2D eigenvalue weighted by atomic mass is 10.0. The molecule has 8 heteroatoms. The van der Waals surface area contributed by atoms with E-state index in [1.54, 1.807) is 12.4 Å². The standard InChI is InChI=1S/C19H27N5O3.C2H6/c1-20-6-2-3-7-26-17-9-15(11-21-12-17)22-19-10-18(23-24-19)14-4-5-16(8-14)27-13-25;1-2/h9-14,16,20H,2-8H2,1H3,(H2,22,23,24);1-2H3. The van der Waals surface area contributed by atoms with Gasteiger partial charge in [-0.2, -0.15) is 5.10 Å². The van der Waals surface area contributed by atoms with Crippen LogP contribution in [0.1, 0.15) is 57.6 Å². The SMILES string of the molecule is CC.CNCCCCOc1cncc(Nc2cc(C3CCC(OC=O)C3)[nH]n2)c1. The Labute approximate surface area is 172 Å². The Bertz CT molecular complexity index is 722. The maximum atomic E-state index is 10.5. The van der Waals surface area contributed by atoms with Crippen LogP contribution in [0.2, 0.25) is 0 Å². The van der Waals surface area contributed by atoms with Gasteiger partial charge in [-0.15, -0.1) is 0 Å². The van der Waals surface area contributed by atoms with Crippen molar-refractivity contribution in [1.29, 1.82) is 0 Å². The van der Waals surface area contributed by atoms with Crippen molar-refractivity contribution in [3.63, 3.8) is 0 Å². The second kappa shape index (κ2) is 12.8.